The van der Waals surface area contributed by atoms with Gasteiger partial charge in [0.1, 0.15) is 11.6 Å². The van der Waals surface area contributed by atoms with Crippen molar-refractivity contribution in [1.82, 2.24) is 15.1 Å². The Morgan fingerprint density at radius 3 is 2.31 bits per heavy atom. The molecule has 1 aliphatic carbocycles. The van der Waals surface area contributed by atoms with Gasteiger partial charge in [-0.3, -0.25) is 4.79 Å². The van der Waals surface area contributed by atoms with E-state index in [1.54, 1.807) is 23.1 Å². The Balaban J connectivity index is 1.32. The number of carbonyl (C=O) groups excluding carboxylic acids is 1. The van der Waals surface area contributed by atoms with Crippen molar-refractivity contribution in [3.05, 3.63) is 47.9 Å². The second kappa shape index (κ2) is 9.20. The monoisotopic (exact) mass is 397 g/mol. The second-order valence-electron chi connectivity index (χ2n) is 7.87. The molecule has 7 heteroatoms. The summed E-state index contributed by atoms with van der Waals surface area (Å²) >= 11 is 0. The lowest BCUT2D eigenvalue weighted by molar-refractivity contribution is 0.0739. The van der Waals surface area contributed by atoms with Crippen LogP contribution in [0.25, 0.3) is 0 Å². The molecule has 0 atom stereocenters. The van der Waals surface area contributed by atoms with Gasteiger partial charge in [-0.25, -0.2) is 4.39 Å². The molecule has 0 spiro atoms. The molecule has 1 aromatic carbocycles. The smallest absolute Gasteiger partial charge is 0.274 e. The molecule has 0 unspecified atom stereocenters. The molecule has 1 aliphatic heterocycles. The summed E-state index contributed by atoms with van der Waals surface area (Å²) in [6.07, 6.45) is 7.44. The van der Waals surface area contributed by atoms with Crippen LogP contribution in [0.4, 0.5) is 15.9 Å². The largest absolute Gasteiger partial charge is 0.366 e. The van der Waals surface area contributed by atoms with Crippen molar-refractivity contribution >= 4 is 17.4 Å². The van der Waals surface area contributed by atoms with Gasteiger partial charge in [-0.15, -0.1) is 10.2 Å². The van der Waals surface area contributed by atoms with Crippen molar-refractivity contribution < 1.29 is 9.18 Å². The van der Waals surface area contributed by atoms with Crippen LogP contribution in [0.15, 0.2) is 36.4 Å². The number of rotatable bonds is 4. The highest BCUT2D eigenvalue weighted by Gasteiger charge is 2.24. The average molecular weight is 397 g/mol. The summed E-state index contributed by atoms with van der Waals surface area (Å²) in [6.45, 7) is 2.27. The first-order valence-electron chi connectivity index (χ1n) is 10.6. The van der Waals surface area contributed by atoms with E-state index >= 15 is 0 Å². The van der Waals surface area contributed by atoms with Crippen LogP contribution in [0.5, 0.6) is 0 Å². The van der Waals surface area contributed by atoms with E-state index in [1.165, 1.54) is 31.7 Å². The number of hydrogen-bond donors (Lipinski definition) is 1. The van der Waals surface area contributed by atoms with Gasteiger partial charge in [0.25, 0.3) is 5.91 Å². The summed E-state index contributed by atoms with van der Waals surface area (Å²) in [5.41, 5.74) is 0.948. The Bertz CT molecular complexity index is 812. The number of hydrogen-bond acceptors (Lipinski definition) is 5. The lowest BCUT2D eigenvalue weighted by Gasteiger charge is -2.36. The third-order valence-electron chi connectivity index (χ3n) is 5.85. The number of aromatic nitrogens is 2. The van der Waals surface area contributed by atoms with Gasteiger partial charge >= 0.3 is 0 Å². The zero-order chi connectivity index (χ0) is 20.1. The quantitative estimate of drug-likeness (QED) is 0.797. The second-order valence-corrected chi connectivity index (χ2v) is 7.87. The SMILES string of the molecule is O=C(c1ccc(NC2CCCCCC2)nn1)N1CCN(c2ccccc2F)CC1. The molecule has 2 aliphatic rings. The molecule has 1 aromatic heterocycles. The van der Waals surface area contributed by atoms with E-state index in [0.717, 1.165) is 18.7 Å². The van der Waals surface area contributed by atoms with Crippen LogP contribution >= 0.6 is 0 Å². The average Bonchev–Trinajstić information content (AvgIpc) is 3.03. The van der Waals surface area contributed by atoms with Gasteiger partial charge < -0.3 is 15.1 Å². The van der Waals surface area contributed by atoms with Crippen molar-refractivity contribution in [2.45, 2.75) is 44.6 Å². The maximum Gasteiger partial charge on any atom is 0.274 e. The summed E-state index contributed by atoms with van der Waals surface area (Å²) in [7, 11) is 0. The van der Waals surface area contributed by atoms with E-state index < -0.39 is 0 Å². The van der Waals surface area contributed by atoms with Gasteiger partial charge in [0, 0.05) is 32.2 Å². The Morgan fingerprint density at radius 1 is 0.931 bits per heavy atom. The Kier molecular flexibility index (Phi) is 6.22. The van der Waals surface area contributed by atoms with Crippen molar-refractivity contribution in [3.8, 4) is 0 Å². The Hall–Kier alpha value is -2.70. The summed E-state index contributed by atoms with van der Waals surface area (Å²) in [4.78, 5) is 16.5. The van der Waals surface area contributed by atoms with E-state index in [1.807, 2.05) is 17.0 Å². The van der Waals surface area contributed by atoms with Crippen LogP contribution in [0.2, 0.25) is 0 Å². The number of carbonyl (C=O) groups is 1. The molecule has 29 heavy (non-hydrogen) atoms. The molecule has 2 aromatic rings. The molecular formula is C22H28FN5O. The van der Waals surface area contributed by atoms with Crippen molar-refractivity contribution in [3.63, 3.8) is 0 Å². The molecule has 2 fully saturated rings. The van der Waals surface area contributed by atoms with Crippen molar-refractivity contribution in [2.75, 3.05) is 36.4 Å². The van der Waals surface area contributed by atoms with E-state index in [4.69, 9.17) is 0 Å². The number of piperazine rings is 1. The van der Waals surface area contributed by atoms with Gasteiger partial charge in [-0.2, -0.15) is 0 Å². The van der Waals surface area contributed by atoms with E-state index in [2.05, 4.69) is 15.5 Å². The summed E-state index contributed by atoms with van der Waals surface area (Å²) < 4.78 is 14.0. The van der Waals surface area contributed by atoms with Crippen molar-refractivity contribution in [2.24, 2.45) is 0 Å². The maximum atomic E-state index is 14.0. The molecule has 1 N–H and O–H groups in total. The van der Waals surface area contributed by atoms with Gasteiger partial charge in [-0.05, 0) is 37.1 Å². The maximum absolute atomic E-state index is 14.0. The molecule has 4 rings (SSSR count). The summed E-state index contributed by atoms with van der Waals surface area (Å²) in [5.74, 6) is 0.388. The Morgan fingerprint density at radius 2 is 1.66 bits per heavy atom. The number of benzene rings is 1. The van der Waals surface area contributed by atoms with Crippen LogP contribution in [0, 0.1) is 5.82 Å². The number of nitrogens with one attached hydrogen (secondary N) is 1. The molecule has 6 nitrogen and oxygen atoms in total. The first kappa shape index (κ1) is 19.6. The first-order chi connectivity index (χ1) is 14.2. The highest BCUT2D eigenvalue weighted by atomic mass is 19.1. The summed E-state index contributed by atoms with van der Waals surface area (Å²) in [5, 5.41) is 11.8. The fourth-order valence-corrected chi connectivity index (χ4v) is 4.18. The van der Waals surface area contributed by atoms with Gasteiger partial charge in [0.05, 0.1) is 5.69 Å². The number of nitrogens with zero attached hydrogens (tertiary/aromatic N) is 4. The predicted octanol–water partition coefficient (Wildman–Crippen LogP) is 3.71. The third kappa shape index (κ3) is 4.83. The molecule has 0 radical (unpaired) electrons. The zero-order valence-corrected chi connectivity index (χ0v) is 16.7. The minimum absolute atomic E-state index is 0.119. The predicted molar refractivity (Wildman–Crippen MR) is 112 cm³/mol. The van der Waals surface area contributed by atoms with Gasteiger partial charge in [0.15, 0.2) is 5.69 Å². The normalized spacial score (nSPS) is 18.4. The lowest BCUT2D eigenvalue weighted by atomic mass is 10.1. The van der Waals surface area contributed by atoms with Crippen LogP contribution in [0.1, 0.15) is 49.0 Å². The first-order valence-corrected chi connectivity index (χ1v) is 10.6. The van der Waals surface area contributed by atoms with Gasteiger partial charge in [-0.1, -0.05) is 37.8 Å². The molecule has 1 saturated heterocycles. The molecular weight excluding hydrogens is 369 g/mol. The van der Waals surface area contributed by atoms with Crippen molar-refractivity contribution in [1.29, 1.82) is 0 Å². The van der Waals surface area contributed by atoms with E-state index in [9.17, 15) is 9.18 Å². The highest BCUT2D eigenvalue weighted by Crippen LogP contribution is 2.22. The zero-order valence-electron chi connectivity index (χ0n) is 16.7. The highest BCUT2D eigenvalue weighted by molar-refractivity contribution is 5.92. The van der Waals surface area contributed by atoms with E-state index in [0.29, 0.717) is 43.6 Å². The fraction of sp³-hybridized carbons (Fsp3) is 0.500. The minimum Gasteiger partial charge on any atom is -0.366 e. The third-order valence-corrected chi connectivity index (χ3v) is 5.85. The standard InChI is InChI=1S/C22H28FN5O/c23-18-9-5-6-10-20(18)27-13-15-28(16-14-27)22(29)19-11-12-21(26-25-19)24-17-7-3-1-2-4-8-17/h5-6,9-12,17H,1-4,7-8,13-16H2,(H,24,26). The number of halogens is 1. The van der Waals surface area contributed by atoms with E-state index in [-0.39, 0.29) is 11.7 Å². The lowest BCUT2D eigenvalue weighted by Crippen LogP contribution is -2.49. The number of para-hydroxylation sites is 1. The number of anilines is 2. The topological polar surface area (TPSA) is 61.4 Å². The van der Waals surface area contributed by atoms with Crippen LogP contribution in [-0.2, 0) is 0 Å². The summed E-state index contributed by atoms with van der Waals surface area (Å²) in [6, 6.07) is 10.8. The molecule has 154 valence electrons. The van der Waals surface area contributed by atoms with Crippen LogP contribution < -0.4 is 10.2 Å². The Labute approximate surface area is 171 Å². The fourth-order valence-electron chi connectivity index (χ4n) is 4.18. The molecule has 1 amide bonds. The van der Waals surface area contributed by atoms with Crippen LogP contribution in [-0.4, -0.2) is 53.2 Å². The molecule has 2 heterocycles. The molecule has 1 saturated carbocycles. The minimum atomic E-state index is -0.227. The molecule has 0 bridgehead atoms. The van der Waals surface area contributed by atoms with Gasteiger partial charge in [0.2, 0.25) is 0 Å². The number of amides is 1. The van der Waals surface area contributed by atoms with Crippen LogP contribution in [0.3, 0.4) is 0 Å².